The summed E-state index contributed by atoms with van der Waals surface area (Å²) in [6.45, 7) is 5.44. The third-order valence-corrected chi connectivity index (χ3v) is 3.41. The van der Waals surface area contributed by atoms with E-state index in [-0.39, 0.29) is 5.91 Å². The van der Waals surface area contributed by atoms with E-state index in [1.807, 2.05) is 6.92 Å². The van der Waals surface area contributed by atoms with Crippen LogP contribution in [0.25, 0.3) is 0 Å². The maximum atomic E-state index is 13.4. The Kier molecular flexibility index (Phi) is 4.87. The van der Waals surface area contributed by atoms with E-state index >= 15 is 0 Å². The SMILES string of the molecule is CCCC(C)(N)C(=O)Nc1cc(F)c(Br)cc1C. The van der Waals surface area contributed by atoms with E-state index in [0.717, 1.165) is 12.0 Å². The Hall–Kier alpha value is -0.940. The summed E-state index contributed by atoms with van der Waals surface area (Å²) in [5, 5.41) is 2.68. The molecule has 5 heteroatoms. The van der Waals surface area contributed by atoms with Gasteiger partial charge in [-0.2, -0.15) is 0 Å². The molecule has 0 saturated heterocycles. The molecule has 0 saturated carbocycles. The van der Waals surface area contributed by atoms with Gasteiger partial charge >= 0.3 is 0 Å². The summed E-state index contributed by atoms with van der Waals surface area (Å²) in [6, 6.07) is 2.91. The molecule has 0 radical (unpaired) electrons. The fourth-order valence-electron chi connectivity index (χ4n) is 1.68. The third kappa shape index (κ3) is 3.53. The number of nitrogens with two attached hydrogens (primary N) is 1. The van der Waals surface area contributed by atoms with Crippen molar-refractivity contribution in [2.75, 3.05) is 5.32 Å². The molecule has 0 fully saturated rings. The molecule has 0 spiro atoms. The standard InChI is InChI=1S/C13H18BrFN2O/c1-4-5-13(3,16)12(18)17-11-7-10(15)9(14)6-8(11)2/h6-7H,4-5,16H2,1-3H3,(H,17,18). The number of hydrogen-bond acceptors (Lipinski definition) is 2. The molecular formula is C13H18BrFN2O. The van der Waals surface area contributed by atoms with Crippen LogP contribution in [0.15, 0.2) is 16.6 Å². The highest BCUT2D eigenvalue weighted by molar-refractivity contribution is 9.10. The molecular weight excluding hydrogens is 299 g/mol. The first-order chi connectivity index (χ1) is 8.27. The molecule has 1 atom stereocenters. The van der Waals surface area contributed by atoms with Crippen molar-refractivity contribution in [3.8, 4) is 0 Å². The van der Waals surface area contributed by atoms with Gasteiger partial charge in [0.05, 0.1) is 10.0 Å². The summed E-state index contributed by atoms with van der Waals surface area (Å²) in [5.41, 5.74) is 6.22. The smallest absolute Gasteiger partial charge is 0.244 e. The number of halogens is 2. The number of rotatable bonds is 4. The minimum absolute atomic E-state index is 0.297. The molecule has 0 bridgehead atoms. The van der Waals surface area contributed by atoms with E-state index in [0.29, 0.717) is 16.6 Å². The topological polar surface area (TPSA) is 55.1 Å². The number of carbonyl (C=O) groups excluding carboxylic acids is 1. The fourth-order valence-corrected chi connectivity index (χ4v) is 2.14. The third-order valence-electron chi connectivity index (χ3n) is 2.80. The zero-order valence-electron chi connectivity index (χ0n) is 10.8. The van der Waals surface area contributed by atoms with E-state index in [9.17, 15) is 9.18 Å². The molecule has 18 heavy (non-hydrogen) atoms. The van der Waals surface area contributed by atoms with Gasteiger partial charge in [-0.05, 0) is 53.9 Å². The summed E-state index contributed by atoms with van der Waals surface area (Å²) < 4.78 is 13.8. The van der Waals surface area contributed by atoms with Gasteiger partial charge in [0.2, 0.25) is 5.91 Å². The number of hydrogen-bond donors (Lipinski definition) is 2. The molecule has 1 aromatic carbocycles. The summed E-state index contributed by atoms with van der Waals surface area (Å²) in [4.78, 5) is 12.0. The van der Waals surface area contributed by atoms with Crippen LogP contribution in [0.2, 0.25) is 0 Å². The van der Waals surface area contributed by atoms with Crippen LogP contribution in [0.4, 0.5) is 10.1 Å². The molecule has 3 nitrogen and oxygen atoms in total. The molecule has 0 heterocycles. The zero-order chi connectivity index (χ0) is 13.9. The van der Waals surface area contributed by atoms with E-state index < -0.39 is 11.4 Å². The number of aryl methyl sites for hydroxylation is 1. The second kappa shape index (κ2) is 5.80. The highest BCUT2D eigenvalue weighted by Gasteiger charge is 2.27. The van der Waals surface area contributed by atoms with Crippen LogP contribution in [0.1, 0.15) is 32.3 Å². The zero-order valence-corrected chi connectivity index (χ0v) is 12.4. The lowest BCUT2D eigenvalue weighted by molar-refractivity contribution is -0.120. The Morgan fingerprint density at radius 3 is 2.72 bits per heavy atom. The predicted octanol–water partition coefficient (Wildman–Crippen LogP) is 3.35. The van der Waals surface area contributed by atoms with Gasteiger partial charge in [0, 0.05) is 5.69 Å². The number of nitrogens with one attached hydrogen (secondary N) is 1. The molecule has 0 aliphatic carbocycles. The Morgan fingerprint density at radius 1 is 1.56 bits per heavy atom. The van der Waals surface area contributed by atoms with E-state index in [4.69, 9.17) is 5.73 Å². The average Bonchev–Trinajstić information content (AvgIpc) is 2.25. The number of anilines is 1. The number of carbonyl (C=O) groups is 1. The Morgan fingerprint density at radius 2 is 2.17 bits per heavy atom. The van der Waals surface area contributed by atoms with Crippen molar-refractivity contribution < 1.29 is 9.18 Å². The highest BCUT2D eigenvalue weighted by atomic mass is 79.9. The minimum atomic E-state index is -0.940. The van der Waals surface area contributed by atoms with Crippen LogP contribution >= 0.6 is 15.9 Å². The predicted molar refractivity (Wildman–Crippen MR) is 75.0 cm³/mol. The normalized spacial score (nSPS) is 14.1. The maximum Gasteiger partial charge on any atom is 0.244 e. The summed E-state index contributed by atoms with van der Waals surface area (Å²) in [7, 11) is 0. The van der Waals surface area contributed by atoms with Crippen LogP contribution in [0.5, 0.6) is 0 Å². The van der Waals surface area contributed by atoms with Gasteiger partial charge in [-0.25, -0.2) is 4.39 Å². The second-order valence-corrected chi connectivity index (χ2v) is 5.56. The molecule has 0 aliphatic rings. The van der Waals surface area contributed by atoms with Gasteiger partial charge < -0.3 is 11.1 Å². The van der Waals surface area contributed by atoms with Crippen molar-refractivity contribution >= 4 is 27.5 Å². The molecule has 100 valence electrons. The van der Waals surface area contributed by atoms with E-state index in [2.05, 4.69) is 21.2 Å². The molecule has 0 aliphatic heterocycles. The van der Waals surface area contributed by atoms with Crippen LogP contribution in [-0.2, 0) is 4.79 Å². The van der Waals surface area contributed by atoms with Crippen LogP contribution in [0.3, 0.4) is 0 Å². The quantitative estimate of drug-likeness (QED) is 0.895. The summed E-state index contributed by atoms with van der Waals surface area (Å²) >= 11 is 3.10. The molecule has 1 unspecified atom stereocenters. The van der Waals surface area contributed by atoms with Crippen LogP contribution in [0, 0.1) is 12.7 Å². The number of benzene rings is 1. The van der Waals surface area contributed by atoms with Gasteiger partial charge in [0.1, 0.15) is 5.82 Å². The average molecular weight is 317 g/mol. The van der Waals surface area contributed by atoms with Gasteiger partial charge in [0.25, 0.3) is 0 Å². The minimum Gasteiger partial charge on any atom is -0.324 e. The molecule has 1 amide bonds. The van der Waals surface area contributed by atoms with Crippen molar-refractivity contribution in [2.24, 2.45) is 5.73 Å². The first-order valence-corrected chi connectivity index (χ1v) is 6.63. The summed E-state index contributed by atoms with van der Waals surface area (Å²) in [6.07, 6.45) is 1.39. The van der Waals surface area contributed by atoms with E-state index in [1.165, 1.54) is 6.07 Å². The lowest BCUT2D eigenvalue weighted by atomic mass is 9.96. The van der Waals surface area contributed by atoms with Gasteiger partial charge in [-0.1, -0.05) is 13.3 Å². The lowest BCUT2D eigenvalue weighted by Gasteiger charge is -2.23. The van der Waals surface area contributed by atoms with Crippen molar-refractivity contribution in [3.63, 3.8) is 0 Å². The first kappa shape index (κ1) is 15.1. The van der Waals surface area contributed by atoms with Gasteiger partial charge in [-0.15, -0.1) is 0 Å². The Labute approximate surface area is 115 Å². The fraction of sp³-hybridized carbons (Fsp3) is 0.462. The maximum absolute atomic E-state index is 13.4. The van der Waals surface area contributed by atoms with Gasteiger partial charge in [0.15, 0.2) is 0 Å². The first-order valence-electron chi connectivity index (χ1n) is 5.84. The largest absolute Gasteiger partial charge is 0.324 e. The summed E-state index contributed by atoms with van der Waals surface area (Å²) in [5.74, 6) is -0.709. The van der Waals surface area contributed by atoms with Crippen LogP contribution in [-0.4, -0.2) is 11.4 Å². The second-order valence-electron chi connectivity index (χ2n) is 4.70. The number of amides is 1. The van der Waals surface area contributed by atoms with Gasteiger partial charge in [-0.3, -0.25) is 4.79 Å². The molecule has 1 aromatic rings. The van der Waals surface area contributed by atoms with Crippen LogP contribution < -0.4 is 11.1 Å². The molecule has 3 N–H and O–H groups in total. The Balaban J connectivity index is 2.92. The van der Waals surface area contributed by atoms with Crippen molar-refractivity contribution in [1.82, 2.24) is 0 Å². The lowest BCUT2D eigenvalue weighted by Crippen LogP contribution is -2.48. The van der Waals surface area contributed by atoms with Crippen molar-refractivity contribution in [2.45, 2.75) is 39.2 Å². The van der Waals surface area contributed by atoms with Crippen molar-refractivity contribution in [1.29, 1.82) is 0 Å². The highest BCUT2D eigenvalue weighted by Crippen LogP contribution is 2.24. The Bertz CT molecular complexity index is 461. The van der Waals surface area contributed by atoms with E-state index in [1.54, 1.807) is 19.9 Å². The molecule has 1 rings (SSSR count). The monoisotopic (exact) mass is 316 g/mol. The van der Waals surface area contributed by atoms with Crippen molar-refractivity contribution in [3.05, 3.63) is 28.0 Å². The molecule has 0 aromatic heterocycles.